The molecule has 0 aliphatic heterocycles. The molecular weight excluding hydrogens is 350 g/mol. The van der Waals surface area contributed by atoms with Crippen molar-refractivity contribution in [1.82, 2.24) is 15.6 Å². The van der Waals surface area contributed by atoms with E-state index in [9.17, 15) is 9.90 Å². The molecule has 6 nitrogen and oxygen atoms in total. The number of hydrogen-bond donors (Lipinski definition) is 3. The minimum Gasteiger partial charge on any atom is -0.467 e. The second-order valence-corrected chi connectivity index (χ2v) is 8.89. The van der Waals surface area contributed by atoms with Crippen molar-refractivity contribution in [2.75, 3.05) is 19.7 Å². The first-order valence-electron chi connectivity index (χ1n) is 9.81. The highest BCUT2D eigenvalue weighted by atomic mass is 32.1. The van der Waals surface area contributed by atoms with Gasteiger partial charge in [-0.2, -0.15) is 0 Å². The Morgan fingerprint density at radius 2 is 2.04 bits per heavy atom. The third-order valence-corrected chi connectivity index (χ3v) is 6.57. The molecular formula is C19H31N3O3S. The zero-order chi connectivity index (χ0) is 18.5. The second kappa shape index (κ2) is 9.15. The Kier molecular flexibility index (Phi) is 6.89. The Morgan fingerprint density at radius 1 is 1.35 bits per heavy atom. The summed E-state index contributed by atoms with van der Waals surface area (Å²) in [7, 11) is 0. The Hall–Kier alpha value is -1.18. The average molecular weight is 382 g/mol. The van der Waals surface area contributed by atoms with E-state index in [0.717, 1.165) is 30.7 Å². The molecule has 146 valence electrons. The molecule has 2 bridgehead atoms. The molecule has 26 heavy (non-hydrogen) atoms. The molecule has 1 aromatic rings. The summed E-state index contributed by atoms with van der Waals surface area (Å²) in [5.74, 6) is 2.54. The molecule has 1 aromatic heterocycles. The van der Waals surface area contributed by atoms with E-state index < -0.39 is 6.10 Å². The number of nitrogens with zero attached hydrogens (tertiary/aromatic N) is 1. The molecule has 3 N–H and O–H groups in total. The molecule has 0 spiro atoms. The fourth-order valence-electron chi connectivity index (χ4n) is 4.33. The Labute approximate surface area is 159 Å². The molecule has 0 radical (unpaired) electrons. The second-order valence-electron chi connectivity index (χ2n) is 7.90. The van der Waals surface area contributed by atoms with Crippen molar-refractivity contribution in [3.05, 3.63) is 11.1 Å². The number of rotatable bonds is 10. The van der Waals surface area contributed by atoms with E-state index in [0.29, 0.717) is 22.7 Å². The van der Waals surface area contributed by atoms with E-state index in [1.807, 2.05) is 13.8 Å². The summed E-state index contributed by atoms with van der Waals surface area (Å²) in [6.45, 7) is 5.43. The number of aromatic nitrogens is 1. The zero-order valence-corrected chi connectivity index (χ0v) is 16.6. The van der Waals surface area contributed by atoms with Crippen molar-refractivity contribution in [3.63, 3.8) is 0 Å². The molecule has 1 unspecified atom stereocenters. The van der Waals surface area contributed by atoms with Crippen molar-refractivity contribution >= 4 is 17.2 Å². The quantitative estimate of drug-likeness (QED) is 0.580. The number of ether oxygens (including phenoxy) is 1. The molecule has 2 aliphatic carbocycles. The molecule has 7 heteroatoms. The number of fused-ring (bicyclic) bond motifs is 2. The molecule has 2 fully saturated rings. The lowest BCUT2D eigenvalue weighted by atomic mass is 9.94. The normalized spacial score (nSPS) is 25.6. The molecule has 1 amide bonds. The number of thiazole rings is 1. The van der Waals surface area contributed by atoms with E-state index in [4.69, 9.17) is 4.74 Å². The summed E-state index contributed by atoms with van der Waals surface area (Å²) in [6, 6.07) is 0.319. The lowest BCUT2D eigenvalue weighted by molar-refractivity contribution is 0.0954. The maximum absolute atomic E-state index is 12.3. The van der Waals surface area contributed by atoms with Gasteiger partial charge in [0.1, 0.15) is 17.6 Å². The van der Waals surface area contributed by atoms with E-state index in [1.165, 1.54) is 37.0 Å². The topological polar surface area (TPSA) is 83.5 Å². The molecule has 1 atom stereocenters. The van der Waals surface area contributed by atoms with Gasteiger partial charge in [0, 0.05) is 19.1 Å². The third kappa shape index (κ3) is 5.18. The molecule has 2 aliphatic rings. The van der Waals surface area contributed by atoms with Gasteiger partial charge in [0.2, 0.25) is 0 Å². The van der Waals surface area contributed by atoms with Gasteiger partial charge < -0.3 is 20.5 Å². The van der Waals surface area contributed by atoms with Crippen molar-refractivity contribution in [3.8, 4) is 5.19 Å². The fourth-order valence-corrected chi connectivity index (χ4v) is 5.02. The fraction of sp³-hybridized carbons (Fsp3) is 0.789. The Bertz CT molecular complexity index is 572. The van der Waals surface area contributed by atoms with Crippen molar-refractivity contribution in [1.29, 1.82) is 0 Å². The van der Waals surface area contributed by atoms with Crippen LogP contribution in [0.25, 0.3) is 0 Å². The predicted molar refractivity (Wildman–Crippen MR) is 103 cm³/mol. The third-order valence-electron chi connectivity index (χ3n) is 5.66. The zero-order valence-electron chi connectivity index (χ0n) is 15.7. The largest absolute Gasteiger partial charge is 0.467 e. The number of aliphatic hydroxyl groups excluding tert-OH is 1. The van der Waals surface area contributed by atoms with Crippen LogP contribution in [0.15, 0.2) is 6.20 Å². The Balaban J connectivity index is 1.36. The van der Waals surface area contributed by atoms with E-state index in [-0.39, 0.29) is 12.5 Å². The van der Waals surface area contributed by atoms with E-state index in [1.54, 1.807) is 6.20 Å². The van der Waals surface area contributed by atoms with Crippen LogP contribution in [0.5, 0.6) is 5.19 Å². The smallest absolute Gasteiger partial charge is 0.273 e. The highest BCUT2D eigenvalue weighted by Gasteiger charge is 2.40. The van der Waals surface area contributed by atoms with Crippen LogP contribution in [0.3, 0.4) is 0 Å². The van der Waals surface area contributed by atoms with Gasteiger partial charge in [0.15, 0.2) is 0 Å². The molecule has 0 saturated heterocycles. The molecule has 3 rings (SSSR count). The van der Waals surface area contributed by atoms with Gasteiger partial charge in [-0.3, -0.25) is 4.79 Å². The average Bonchev–Trinajstić information content (AvgIpc) is 3.34. The van der Waals surface area contributed by atoms with Gasteiger partial charge in [0.25, 0.3) is 11.1 Å². The van der Waals surface area contributed by atoms with E-state index >= 15 is 0 Å². The van der Waals surface area contributed by atoms with Gasteiger partial charge in [0.05, 0.1) is 6.20 Å². The van der Waals surface area contributed by atoms with Crippen LogP contribution < -0.4 is 15.4 Å². The van der Waals surface area contributed by atoms with Crippen LogP contribution in [0, 0.1) is 17.8 Å². The first kappa shape index (κ1) is 19.6. The standard InChI is InChI=1S/C19H31N3O3S/c1-12(2)21-9-15(23)11-25-19-22-10-17(26-19)18(24)20-8-7-16-13-3-4-14(16)6-5-13/h10,12-16,21,23H,3-9,11H2,1-2H3,(H,20,24). The van der Waals surface area contributed by atoms with Crippen LogP contribution in [0.2, 0.25) is 0 Å². The molecule has 2 saturated carbocycles. The predicted octanol–water partition coefficient (Wildman–Crippen LogP) is 2.44. The van der Waals surface area contributed by atoms with Crippen LogP contribution >= 0.6 is 11.3 Å². The summed E-state index contributed by atoms with van der Waals surface area (Å²) >= 11 is 1.23. The highest BCUT2D eigenvalue weighted by molar-refractivity contribution is 7.15. The summed E-state index contributed by atoms with van der Waals surface area (Å²) in [5.41, 5.74) is 0. The van der Waals surface area contributed by atoms with Crippen molar-refractivity contribution in [2.45, 2.75) is 58.1 Å². The number of amides is 1. The lowest BCUT2D eigenvalue weighted by Gasteiger charge is -2.15. The number of carbonyl (C=O) groups is 1. The minimum atomic E-state index is -0.597. The van der Waals surface area contributed by atoms with Crippen LogP contribution in [-0.2, 0) is 0 Å². The summed E-state index contributed by atoms with van der Waals surface area (Å²) in [6.07, 6.45) is 7.59. The van der Waals surface area contributed by atoms with E-state index in [2.05, 4.69) is 15.6 Å². The van der Waals surface area contributed by atoms with Gasteiger partial charge in [-0.1, -0.05) is 25.2 Å². The monoisotopic (exact) mass is 381 g/mol. The van der Waals surface area contributed by atoms with Crippen molar-refractivity contribution in [2.24, 2.45) is 17.8 Å². The van der Waals surface area contributed by atoms with Crippen LogP contribution in [0.1, 0.15) is 55.6 Å². The van der Waals surface area contributed by atoms with Crippen molar-refractivity contribution < 1.29 is 14.6 Å². The number of nitrogens with one attached hydrogen (secondary N) is 2. The highest BCUT2D eigenvalue weighted by Crippen LogP contribution is 2.50. The lowest BCUT2D eigenvalue weighted by Crippen LogP contribution is -2.35. The number of hydrogen-bond acceptors (Lipinski definition) is 6. The van der Waals surface area contributed by atoms with Gasteiger partial charge in [-0.25, -0.2) is 4.98 Å². The first-order chi connectivity index (χ1) is 12.5. The minimum absolute atomic E-state index is 0.0790. The first-order valence-corrected chi connectivity index (χ1v) is 10.6. The van der Waals surface area contributed by atoms with Gasteiger partial charge in [-0.05, 0) is 49.9 Å². The van der Waals surface area contributed by atoms with Crippen LogP contribution in [0.4, 0.5) is 0 Å². The maximum atomic E-state index is 12.3. The Morgan fingerprint density at radius 3 is 2.69 bits per heavy atom. The summed E-state index contributed by atoms with van der Waals surface area (Å²) in [5, 5.41) is 16.4. The summed E-state index contributed by atoms with van der Waals surface area (Å²) in [4.78, 5) is 17.0. The maximum Gasteiger partial charge on any atom is 0.273 e. The number of carbonyl (C=O) groups excluding carboxylic acids is 1. The molecule has 0 aromatic carbocycles. The summed E-state index contributed by atoms with van der Waals surface area (Å²) < 4.78 is 5.49. The number of aliphatic hydroxyl groups is 1. The van der Waals surface area contributed by atoms with Gasteiger partial charge >= 0.3 is 0 Å². The van der Waals surface area contributed by atoms with Crippen LogP contribution in [-0.4, -0.2) is 47.8 Å². The van der Waals surface area contributed by atoms with Gasteiger partial charge in [-0.15, -0.1) is 0 Å². The SMILES string of the molecule is CC(C)NCC(O)COc1ncc(C(=O)NCCC2C3CCC2CC3)s1. The molecule has 1 heterocycles.